The monoisotopic (exact) mass is 190 g/mol. The van der Waals surface area contributed by atoms with Crippen LogP contribution in [-0.4, -0.2) is 5.54 Å². The van der Waals surface area contributed by atoms with Crippen molar-refractivity contribution in [2.75, 3.05) is 0 Å². The molecule has 0 spiro atoms. The first-order chi connectivity index (χ1) is 6.64. The molecule has 72 valence electrons. The Morgan fingerprint density at radius 2 is 2.29 bits per heavy atom. The van der Waals surface area contributed by atoms with Crippen LogP contribution in [0.15, 0.2) is 18.2 Å². The summed E-state index contributed by atoms with van der Waals surface area (Å²) in [7, 11) is 0. The Morgan fingerprint density at radius 1 is 1.50 bits per heavy atom. The van der Waals surface area contributed by atoms with E-state index in [4.69, 9.17) is 11.0 Å². The lowest BCUT2D eigenvalue weighted by Crippen LogP contribution is -2.43. The van der Waals surface area contributed by atoms with Gasteiger partial charge in [-0.3, -0.25) is 0 Å². The SMILES string of the molecule is N#CC1(N)CCc2cccc(F)c2C1. The van der Waals surface area contributed by atoms with Crippen molar-refractivity contribution in [2.45, 2.75) is 24.8 Å². The molecule has 0 aromatic heterocycles. The highest BCUT2D eigenvalue weighted by Gasteiger charge is 2.31. The molecule has 0 saturated heterocycles. The van der Waals surface area contributed by atoms with Gasteiger partial charge in [0.15, 0.2) is 0 Å². The van der Waals surface area contributed by atoms with Gasteiger partial charge in [0.25, 0.3) is 0 Å². The number of nitrogens with two attached hydrogens (primary N) is 1. The number of nitrogens with zero attached hydrogens (tertiary/aromatic N) is 1. The molecule has 1 aromatic rings. The average molecular weight is 190 g/mol. The van der Waals surface area contributed by atoms with Gasteiger partial charge in [0, 0.05) is 6.42 Å². The van der Waals surface area contributed by atoms with Gasteiger partial charge in [0.1, 0.15) is 11.4 Å². The fourth-order valence-corrected chi connectivity index (χ4v) is 1.89. The van der Waals surface area contributed by atoms with Crippen LogP contribution in [0.25, 0.3) is 0 Å². The van der Waals surface area contributed by atoms with Crippen molar-refractivity contribution in [3.63, 3.8) is 0 Å². The van der Waals surface area contributed by atoms with Crippen molar-refractivity contribution >= 4 is 0 Å². The van der Waals surface area contributed by atoms with Gasteiger partial charge in [0.2, 0.25) is 0 Å². The minimum Gasteiger partial charge on any atom is -0.313 e. The van der Waals surface area contributed by atoms with E-state index in [1.54, 1.807) is 6.07 Å². The largest absolute Gasteiger partial charge is 0.313 e. The molecule has 1 atom stereocenters. The van der Waals surface area contributed by atoms with Crippen LogP contribution in [0.5, 0.6) is 0 Å². The van der Waals surface area contributed by atoms with Crippen molar-refractivity contribution in [1.29, 1.82) is 5.26 Å². The van der Waals surface area contributed by atoms with Crippen molar-refractivity contribution in [3.8, 4) is 6.07 Å². The van der Waals surface area contributed by atoms with Crippen LogP contribution in [0.2, 0.25) is 0 Å². The van der Waals surface area contributed by atoms with Crippen LogP contribution in [-0.2, 0) is 12.8 Å². The number of aryl methyl sites for hydroxylation is 1. The van der Waals surface area contributed by atoms with Crippen LogP contribution >= 0.6 is 0 Å². The Labute approximate surface area is 82.1 Å². The molecule has 0 amide bonds. The highest BCUT2D eigenvalue weighted by Crippen LogP contribution is 2.28. The quantitative estimate of drug-likeness (QED) is 0.674. The van der Waals surface area contributed by atoms with E-state index in [0.717, 1.165) is 5.56 Å². The number of fused-ring (bicyclic) bond motifs is 1. The number of hydrogen-bond donors (Lipinski definition) is 1. The van der Waals surface area contributed by atoms with Gasteiger partial charge in [0.05, 0.1) is 6.07 Å². The second kappa shape index (κ2) is 3.07. The van der Waals surface area contributed by atoms with Crippen LogP contribution < -0.4 is 5.73 Å². The molecule has 0 fully saturated rings. The minimum absolute atomic E-state index is 0.243. The standard InChI is InChI=1S/C11H11FN2/c12-10-3-1-2-8-4-5-11(14,7-13)6-9(8)10/h1-3H,4-6,14H2. The molecule has 0 aliphatic heterocycles. The van der Waals surface area contributed by atoms with Gasteiger partial charge in [-0.15, -0.1) is 0 Å². The normalized spacial score (nSPS) is 25.2. The molecule has 1 aliphatic rings. The number of nitriles is 1. The Bertz CT molecular complexity index is 408. The number of rotatable bonds is 0. The predicted octanol–water partition coefficient (Wildman–Crippen LogP) is 1.54. The van der Waals surface area contributed by atoms with E-state index >= 15 is 0 Å². The highest BCUT2D eigenvalue weighted by atomic mass is 19.1. The number of benzene rings is 1. The fraction of sp³-hybridized carbons (Fsp3) is 0.364. The molecule has 1 aromatic carbocycles. The van der Waals surface area contributed by atoms with E-state index in [1.165, 1.54) is 6.07 Å². The van der Waals surface area contributed by atoms with Gasteiger partial charge >= 0.3 is 0 Å². The van der Waals surface area contributed by atoms with E-state index in [2.05, 4.69) is 6.07 Å². The molecule has 3 heteroatoms. The third kappa shape index (κ3) is 1.38. The first-order valence-corrected chi connectivity index (χ1v) is 4.61. The number of hydrogen-bond acceptors (Lipinski definition) is 2. The predicted molar refractivity (Wildman–Crippen MR) is 51.0 cm³/mol. The molecule has 1 aliphatic carbocycles. The topological polar surface area (TPSA) is 49.8 Å². The van der Waals surface area contributed by atoms with Gasteiger partial charge < -0.3 is 5.73 Å². The van der Waals surface area contributed by atoms with Crippen molar-refractivity contribution in [2.24, 2.45) is 5.73 Å². The summed E-state index contributed by atoms with van der Waals surface area (Å²) in [6, 6.07) is 7.07. The average Bonchev–Trinajstić information content (AvgIpc) is 2.20. The first kappa shape index (κ1) is 9.17. The van der Waals surface area contributed by atoms with Crippen molar-refractivity contribution in [3.05, 3.63) is 35.1 Å². The lowest BCUT2D eigenvalue weighted by atomic mass is 9.79. The molecule has 1 unspecified atom stereocenters. The molecule has 0 radical (unpaired) electrons. The molecule has 0 heterocycles. The third-order valence-corrected chi connectivity index (χ3v) is 2.77. The zero-order valence-electron chi connectivity index (χ0n) is 7.76. The van der Waals surface area contributed by atoms with Crippen LogP contribution in [0.4, 0.5) is 4.39 Å². The molecule has 0 bridgehead atoms. The molecule has 2 N–H and O–H groups in total. The van der Waals surface area contributed by atoms with E-state index in [9.17, 15) is 4.39 Å². The smallest absolute Gasteiger partial charge is 0.126 e. The van der Waals surface area contributed by atoms with Crippen molar-refractivity contribution in [1.82, 2.24) is 0 Å². The summed E-state index contributed by atoms with van der Waals surface area (Å²) in [5.41, 5.74) is 6.54. The van der Waals surface area contributed by atoms with E-state index in [1.807, 2.05) is 6.07 Å². The minimum atomic E-state index is -0.880. The van der Waals surface area contributed by atoms with Gasteiger partial charge in [-0.2, -0.15) is 5.26 Å². The third-order valence-electron chi connectivity index (χ3n) is 2.77. The van der Waals surface area contributed by atoms with Gasteiger partial charge in [-0.1, -0.05) is 12.1 Å². The van der Waals surface area contributed by atoms with Gasteiger partial charge in [-0.25, -0.2) is 4.39 Å². The summed E-state index contributed by atoms with van der Waals surface area (Å²) in [6.07, 6.45) is 1.63. The molecule has 2 rings (SSSR count). The molecular weight excluding hydrogens is 179 g/mol. The van der Waals surface area contributed by atoms with Crippen LogP contribution in [0.1, 0.15) is 17.5 Å². The van der Waals surface area contributed by atoms with E-state index in [0.29, 0.717) is 24.8 Å². The summed E-state index contributed by atoms with van der Waals surface area (Å²) in [5, 5.41) is 8.87. The summed E-state index contributed by atoms with van der Waals surface area (Å²) < 4.78 is 13.4. The Morgan fingerprint density at radius 3 is 3.00 bits per heavy atom. The number of halogens is 1. The maximum Gasteiger partial charge on any atom is 0.126 e. The Hall–Kier alpha value is -1.40. The first-order valence-electron chi connectivity index (χ1n) is 4.61. The molecule has 2 nitrogen and oxygen atoms in total. The zero-order chi connectivity index (χ0) is 10.2. The lowest BCUT2D eigenvalue weighted by Gasteiger charge is -2.28. The van der Waals surface area contributed by atoms with Crippen LogP contribution in [0.3, 0.4) is 0 Å². The summed E-state index contributed by atoms with van der Waals surface area (Å²) in [6.45, 7) is 0. The maximum absolute atomic E-state index is 13.4. The lowest BCUT2D eigenvalue weighted by molar-refractivity contribution is 0.453. The molecule has 14 heavy (non-hydrogen) atoms. The fourth-order valence-electron chi connectivity index (χ4n) is 1.89. The second-order valence-electron chi connectivity index (χ2n) is 3.82. The maximum atomic E-state index is 13.4. The highest BCUT2D eigenvalue weighted by molar-refractivity contribution is 5.35. The van der Waals surface area contributed by atoms with E-state index < -0.39 is 5.54 Å². The Kier molecular flexibility index (Phi) is 2.01. The van der Waals surface area contributed by atoms with Crippen molar-refractivity contribution < 1.29 is 4.39 Å². The zero-order valence-corrected chi connectivity index (χ0v) is 7.76. The van der Waals surface area contributed by atoms with Crippen LogP contribution in [0, 0.1) is 17.1 Å². The summed E-state index contributed by atoms with van der Waals surface area (Å²) in [5.74, 6) is -0.243. The molecular formula is C11H11FN2. The van der Waals surface area contributed by atoms with Gasteiger partial charge in [-0.05, 0) is 30.0 Å². The summed E-state index contributed by atoms with van der Waals surface area (Å²) in [4.78, 5) is 0. The molecule has 0 saturated carbocycles. The van der Waals surface area contributed by atoms with E-state index in [-0.39, 0.29) is 5.82 Å². The Balaban J connectivity index is 2.44. The summed E-state index contributed by atoms with van der Waals surface area (Å²) >= 11 is 0. The second-order valence-corrected chi connectivity index (χ2v) is 3.82.